The van der Waals surface area contributed by atoms with Gasteiger partial charge in [0.25, 0.3) is 15.9 Å². The van der Waals surface area contributed by atoms with Crippen molar-refractivity contribution in [2.75, 3.05) is 23.8 Å². The van der Waals surface area contributed by atoms with Crippen LogP contribution in [0.5, 0.6) is 11.5 Å². The van der Waals surface area contributed by atoms with E-state index in [1.165, 1.54) is 19.2 Å². The molecule has 0 atom stereocenters. The highest BCUT2D eigenvalue weighted by atomic mass is 32.2. The summed E-state index contributed by atoms with van der Waals surface area (Å²) in [5.74, 6) is 0.996. The Hall–Kier alpha value is -3.63. The third-order valence-corrected chi connectivity index (χ3v) is 6.30. The summed E-state index contributed by atoms with van der Waals surface area (Å²) < 4.78 is 38.6. The fraction of sp³-hybridized carbons (Fsp3) is 0.200. The molecule has 3 N–H and O–H groups in total. The topological polar surface area (TPSA) is 106 Å². The summed E-state index contributed by atoms with van der Waals surface area (Å²) in [6.45, 7) is 4.52. The normalized spacial score (nSPS) is 11.0. The number of methoxy groups -OCH3 is 1. The number of hydrogen-bond acceptors (Lipinski definition) is 6. The number of carbonyl (C=O) groups excluding carboxylic acids is 1. The van der Waals surface area contributed by atoms with E-state index >= 15 is 0 Å². The van der Waals surface area contributed by atoms with Crippen LogP contribution in [-0.4, -0.2) is 33.2 Å². The van der Waals surface area contributed by atoms with Crippen LogP contribution in [0, 0.1) is 5.92 Å². The summed E-state index contributed by atoms with van der Waals surface area (Å²) in [5.41, 5.74) is 1.29. The zero-order chi connectivity index (χ0) is 25.4. The molecule has 0 aromatic heterocycles. The molecular formula is C25H27N3O5S2. The molecule has 0 aliphatic rings. The molecule has 3 aromatic carbocycles. The van der Waals surface area contributed by atoms with Gasteiger partial charge in [-0.25, -0.2) is 8.42 Å². The fourth-order valence-corrected chi connectivity index (χ4v) is 4.23. The van der Waals surface area contributed by atoms with Crippen molar-refractivity contribution in [2.45, 2.75) is 18.7 Å². The van der Waals surface area contributed by atoms with E-state index in [1.54, 1.807) is 60.7 Å². The number of anilines is 2. The number of amides is 1. The van der Waals surface area contributed by atoms with Crippen molar-refractivity contribution in [1.82, 2.24) is 5.32 Å². The zero-order valence-corrected chi connectivity index (χ0v) is 21.2. The van der Waals surface area contributed by atoms with Gasteiger partial charge in [-0.15, -0.1) is 0 Å². The summed E-state index contributed by atoms with van der Waals surface area (Å²) in [6, 6.07) is 19.5. The summed E-state index contributed by atoms with van der Waals surface area (Å²) in [4.78, 5) is 12.8. The van der Waals surface area contributed by atoms with E-state index in [4.69, 9.17) is 21.7 Å². The van der Waals surface area contributed by atoms with Crippen molar-refractivity contribution in [1.29, 1.82) is 0 Å². The van der Waals surface area contributed by atoms with Crippen LogP contribution in [0.3, 0.4) is 0 Å². The van der Waals surface area contributed by atoms with Crippen LogP contribution in [0.4, 0.5) is 11.4 Å². The number of hydrogen-bond donors (Lipinski definition) is 3. The Balaban J connectivity index is 1.61. The fourth-order valence-electron chi connectivity index (χ4n) is 2.96. The van der Waals surface area contributed by atoms with Crippen LogP contribution in [0.25, 0.3) is 0 Å². The number of sulfonamides is 1. The molecule has 0 unspecified atom stereocenters. The highest BCUT2D eigenvalue weighted by molar-refractivity contribution is 7.92. The van der Waals surface area contributed by atoms with Crippen molar-refractivity contribution < 1.29 is 22.7 Å². The molecule has 1 amide bonds. The smallest absolute Gasteiger partial charge is 0.261 e. The largest absolute Gasteiger partial charge is 0.497 e. The molecule has 0 aliphatic carbocycles. The number of thiocarbonyl (C=S) groups is 1. The predicted octanol–water partition coefficient (Wildman–Crippen LogP) is 4.66. The van der Waals surface area contributed by atoms with Gasteiger partial charge in [-0.05, 0) is 78.8 Å². The predicted molar refractivity (Wildman–Crippen MR) is 141 cm³/mol. The van der Waals surface area contributed by atoms with Crippen LogP contribution in [0.2, 0.25) is 0 Å². The van der Waals surface area contributed by atoms with Crippen LogP contribution in [0.1, 0.15) is 24.2 Å². The number of carbonyl (C=O) groups is 1. The lowest BCUT2D eigenvalue weighted by Crippen LogP contribution is -2.34. The van der Waals surface area contributed by atoms with Gasteiger partial charge in [0, 0.05) is 11.4 Å². The number of para-hydroxylation sites is 1. The second kappa shape index (κ2) is 11.7. The molecule has 3 rings (SSSR count). The molecule has 184 valence electrons. The van der Waals surface area contributed by atoms with Crippen molar-refractivity contribution >= 4 is 44.6 Å². The highest BCUT2D eigenvalue weighted by Gasteiger charge is 2.16. The lowest BCUT2D eigenvalue weighted by Gasteiger charge is -2.14. The van der Waals surface area contributed by atoms with E-state index in [1.807, 2.05) is 13.8 Å². The molecule has 10 heteroatoms. The Morgan fingerprint density at radius 1 is 0.943 bits per heavy atom. The maximum Gasteiger partial charge on any atom is 0.261 e. The van der Waals surface area contributed by atoms with Gasteiger partial charge < -0.3 is 14.8 Å². The third kappa shape index (κ3) is 7.43. The molecule has 0 aliphatic heterocycles. The van der Waals surface area contributed by atoms with Gasteiger partial charge in [0.2, 0.25) is 0 Å². The minimum atomic E-state index is -3.78. The Labute approximate surface area is 210 Å². The van der Waals surface area contributed by atoms with Gasteiger partial charge in [-0.3, -0.25) is 14.8 Å². The van der Waals surface area contributed by atoms with Gasteiger partial charge >= 0.3 is 0 Å². The SMILES string of the molecule is COc1ccc(NS(=O)(=O)c2ccc(NC(=S)NC(=O)c3ccccc3OCC(C)C)cc2)cc1. The minimum Gasteiger partial charge on any atom is -0.497 e. The van der Waals surface area contributed by atoms with Crippen molar-refractivity contribution in [3.8, 4) is 11.5 Å². The first-order chi connectivity index (χ1) is 16.7. The average molecular weight is 514 g/mol. The highest BCUT2D eigenvalue weighted by Crippen LogP contribution is 2.21. The lowest BCUT2D eigenvalue weighted by atomic mass is 10.2. The summed E-state index contributed by atoms with van der Waals surface area (Å²) >= 11 is 5.25. The summed E-state index contributed by atoms with van der Waals surface area (Å²) in [6.07, 6.45) is 0. The van der Waals surface area contributed by atoms with Gasteiger partial charge in [0.1, 0.15) is 11.5 Å². The third-order valence-electron chi connectivity index (χ3n) is 4.70. The van der Waals surface area contributed by atoms with Crippen LogP contribution >= 0.6 is 12.2 Å². The number of nitrogens with one attached hydrogen (secondary N) is 3. The molecule has 35 heavy (non-hydrogen) atoms. The zero-order valence-electron chi connectivity index (χ0n) is 19.6. The van der Waals surface area contributed by atoms with Gasteiger partial charge in [0.15, 0.2) is 5.11 Å². The van der Waals surface area contributed by atoms with E-state index in [0.29, 0.717) is 41.0 Å². The lowest BCUT2D eigenvalue weighted by molar-refractivity contribution is 0.0973. The van der Waals surface area contributed by atoms with E-state index in [2.05, 4.69) is 15.4 Å². The van der Waals surface area contributed by atoms with Crippen molar-refractivity contribution in [3.63, 3.8) is 0 Å². The first kappa shape index (κ1) is 26.0. The molecule has 0 saturated heterocycles. The average Bonchev–Trinajstić information content (AvgIpc) is 2.83. The van der Waals surface area contributed by atoms with Crippen molar-refractivity contribution in [3.05, 3.63) is 78.4 Å². The van der Waals surface area contributed by atoms with Crippen molar-refractivity contribution in [2.24, 2.45) is 5.92 Å². The maximum atomic E-state index is 12.7. The maximum absolute atomic E-state index is 12.7. The van der Waals surface area contributed by atoms with Crippen LogP contribution in [-0.2, 0) is 10.0 Å². The van der Waals surface area contributed by atoms with E-state index in [-0.39, 0.29) is 10.0 Å². The second-order valence-electron chi connectivity index (χ2n) is 7.97. The monoisotopic (exact) mass is 513 g/mol. The quantitative estimate of drug-likeness (QED) is 0.358. The first-order valence-electron chi connectivity index (χ1n) is 10.8. The Morgan fingerprint density at radius 2 is 1.57 bits per heavy atom. The van der Waals surface area contributed by atoms with E-state index in [9.17, 15) is 13.2 Å². The molecular weight excluding hydrogens is 486 g/mol. The van der Waals surface area contributed by atoms with Gasteiger partial charge in [-0.2, -0.15) is 0 Å². The molecule has 0 fully saturated rings. The second-order valence-corrected chi connectivity index (χ2v) is 10.1. The molecule has 0 saturated carbocycles. The van der Waals surface area contributed by atoms with Crippen LogP contribution in [0.15, 0.2) is 77.7 Å². The molecule has 0 heterocycles. The van der Waals surface area contributed by atoms with Crippen LogP contribution < -0.4 is 24.8 Å². The molecule has 0 spiro atoms. The van der Waals surface area contributed by atoms with Gasteiger partial charge in [0.05, 0.1) is 24.2 Å². The number of rotatable bonds is 9. The van der Waals surface area contributed by atoms with Gasteiger partial charge in [-0.1, -0.05) is 26.0 Å². The standard InChI is InChI=1S/C25H27N3O5S2/c1-17(2)16-33-23-7-5-4-6-22(23)24(29)27-25(34)26-18-10-14-21(15-11-18)35(30,31)28-19-8-12-20(32-3)13-9-19/h4-15,17,28H,16H2,1-3H3,(H2,26,27,29,34). The number of benzene rings is 3. The van der Waals surface area contributed by atoms with E-state index in [0.717, 1.165) is 0 Å². The minimum absolute atomic E-state index is 0.0700. The Kier molecular flexibility index (Phi) is 8.67. The molecule has 0 radical (unpaired) electrons. The molecule has 3 aromatic rings. The summed E-state index contributed by atoms with van der Waals surface area (Å²) in [7, 11) is -2.25. The number of ether oxygens (including phenoxy) is 2. The molecule has 8 nitrogen and oxygen atoms in total. The molecule has 0 bridgehead atoms. The first-order valence-corrected chi connectivity index (χ1v) is 12.7. The van der Waals surface area contributed by atoms with E-state index < -0.39 is 15.9 Å². The Bertz CT molecular complexity index is 1280. The Morgan fingerprint density at radius 3 is 2.20 bits per heavy atom. The summed E-state index contributed by atoms with van der Waals surface area (Å²) in [5, 5.41) is 5.57.